The second-order valence-electron chi connectivity index (χ2n) is 6.14. The fourth-order valence-electron chi connectivity index (χ4n) is 3.32. The van der Waals surface area contributed by atoms with Gasteiger partial charge < -0.3 is 4.90 Å². The molecule has 1 aromatic carbocycles. The summed E-state index contributed by atoms with van der Waals surface area (Å²) in [6, 6.07) is 9.89. The number of hydrogen-bond donors (Lipinski definition) is 2. The van der Waals surface area contributed by atoms with E-state index in [9.17, 15) is 4.79 Å². The van der Waals surface area contributed by atoms with Crippen molar-refractivity contribution < 1.29 is 4.79 Å². The molecule has 1 saturated heterocycles. The molecular formula is C16H25N3O. The number of hydrogen-bond acceptors (Lipinski definition) is 3. The zero-order valence-electron chi connectivity index (χ0n) is 12.4. The molecule has 1 aromatic rings. The summed E-state index contributed by atoms with van der Waals surface area (Å²) in [6.45, 7) is 7.42. The summed E-state index contributed by atoms with van der Waals surface area (Å²) >= 11 is 0. The summed E-state index contributed by atoms with van der Waals surface area (Å²) in [4.78, 5) is 14.5. The number of nitrogens with two attached hydrogens (primary N) is 1. The lowest BCUT2D eigenvalue weighted by atomic mass is 9.90. The third-order valence-corrected chi connectivity index (χ3v) is 4.05. The zero-order chi connectivity index (χ0) is 14.5. The highest BCUT2D eigenvalue weighted by molar-refractivity contribution is 5.83. The molecule has 1 aliphatic heterocycles. The van der Waals surface area contributed by atoms with Crippen LogP contribution in [0.3, 0.4) is 0 Å². The van der Waals surface area contributed by atoms with Crippen LogP contribution in [0.4, 0.5) is 0 Å². The van der Waals surface area contributed by atoms with Crippen molar-refractivity contribution in [3.05, 3.63) is 35.9 Å². The van der Waals surface area contributed by atoms with Crippen LogP contribution in [-0.4, -0.2) is 30.4 Å². The van der Waals surface area contributed by atoms with Crippen molar-refractivity contribution >= 4 is 5.91 Å². The first-order valence-electron chi connectivity index (χ1n) is 7.38. The highest BCUT2D eigenvalue weighted by atomic mass is 16.2. The molecule has 0 bridgehead atoms. The van der Waals surface area contributed by atoms with E-state index in [4.69, 9.17) is 5.84 Å². The van der Waals surface area contributed by atoms with Gasteiger partial charge in [-0.1, -0.05) is 44.2 Å². The van der Waals surface area contributed by atoms with Crippen molar-refractivity contribution in [3.63, 3.8) is 0 Å². The number of carbonyl (C=O) groups is 1. The average Bonchev–Trinajstić information content (AvgIpc) is 2.44. The zero-order valence-corrected chi connectivity index (χ0v) is 12.4. The standard InChI is InChI=1S/C16H25N3O/c1-12-8-13(2)10-19(9-12)11-15(16(20)18-17)14-6-4-3-5-7-14/h3-7,12-13,15H,8-11,17H2,1-2H3,(H,18,20). The van der Waals surface area contributed by atoms with Gasteiger partial charge in [0.25, 0.3) is 0 Å². The van der Waals surface area contributed by atoms with Gasteiger partial charge in [-0.25, -0.2) is 5.84 Å². The summed E-state index contributed by atoms with van der Waals surface area (Å²) in [5.41, 5.74) is 3.34. The van der Waals surface area contributed by atoms with Gasteiger partial charge in [-0.3, -0.25) is 10.2 Å². The number of hydrazine groups is 1. The van der Waals surface area contributed by atoms with Crippen LogP contribution in [0.5, 0.6) is 0 Å². The molecule has 1 aliphatic rings. The van der Waals surface area contributed by atoms with Crippen LogP contribution in [0.2, 0.25) is 0 Å². The lowest BCUT2D eigenvalue weighted by Gasteiger charge is -2.36. The van der Waals surface area contributed by atoms with Crippen molar-refractivity contribution in [2.24, 2.45) is 17.7 Å². The number of nitrogens with one attached hydrogen (secondary N) is 1. The van der Waals surface area contributed by atoms with Gasteiger partial charge in [-0.15, -0.1) is 0 Å². The second kappa shape index (κ2) is 6.86. The van der Waals surface area contributed by atoms with Crippen molar-refractivity contribution in [1.82, 2.24) is 10.3 Å². The first-order valence-corrected chi connectivity index (χ1v) is 7.38. The van der Waals surface area contributed by atoms with Crippen molar-refractivity contribution in [2.45, 2.75) is 26.2 Å². The minimum atomic E-state index is -0.196. The van der Waals surface area contributed by atoms with Crippen LogP contribution in [0.1, 0.15) is 31.7 Å². The normalized spacial score (nSPS) is 25.1. The molecule has 0 aromatic heterocycles. The fourth-order valence-corrected chi connectivity index (χ4v) is 3.32. The number of nitrogens with zero attached hydrogens (tertiary/aromatic N) is 1. The Hall–Kier alpha value is -1.39. The summed E-state index contributed by atoms with van der Waals surface area (Å²) in [5, 5.41) is 0. The van der Waals surface area contributed by atoms with E-state index >= 15 is 0 Å². The van der Waals surface area contributed by atoms with E-state index in [-0.39, 0.29) is 11.8 Å². The van der Waals surface area contributed by atoms with E-state index in [1.807, 2.05) is 30.3 Å². The van der Waals surface area contributed by atoms with Crippen LogP contribution in [0, 0.1) is 11.8 Å². The highest BCUT2D eigenvalue weighted by Gasteiger charge is 2.27. The van der Waals surface area contributed by atoms with Gasteiger partial charge in [0, 0.05) is 19.6 Å². The third-order valence-electron chi connectivity index (χ3n) is 4.05. The van der Waals surface area contributed by atoms with Gasteiger partial charge in [0.15, 0.2) is 0 Å². The Kier molecular flexibility index (Phi) is 5.15. The van der Waals surface area contributed by atoms with Gasteiger partial charge in [0.1, 0.15) is 0 Å². The Labute approximate surface area is 121 Å². The quantitative estimate of drug-likeness (QED) is 0.500. The number of rotatable bonds is 4. The van der Waals surface area contributed by atoms with Crippen LogP contribution < -0.4 is 11.3 Å². The SMILES string of the molecule is CC1CC(C)CN(CC(C(=O)NN)c2ccccc2)C1. The van der Waals surface area contributed by atoms with Gasteiger partial charge >= 0.3 is 0 Å². The van der Waals surface area contributed by atoms with E-state index in [0.29, 0.717) is 11.8 Å². The molecule has 4 heteroatoms. The minimum absolute atomic E-state index is 0.109. The largest absolute Gasteiger partial charge is 0.302 e. The Morgan fingerprint density at radius 3 is 2.45 bits per heavy atom. The summed E-state index contributed by atoms with van der Waals surface area (Å²) in [7, 11) is 0. The van der Waals surface area contributed by atoms with Crippen molar-refractivity contribution in [2.75, 3.05) is 19.6 Å². The molecule has 1 amide bonds. The topological polar surface area (TPSA) is 58.4 Å². The molecule has 1 heterocycles. The Balaban J connectivity index is 2.10. The third kappa shape index (κ3) is 3.81. The molecule has 3 atom stereocenters. The van der Waals surface area contributed by atoms with Gasteiger partial charge in [-0.05, 0) is 23.8 Å². The van der Waals surface area contributed by atoms with E-state index in [2.05, 4.69) is 24.2 Å². The Bertz CT molecular complexity index is 425. The predicted molar refractivity (Wildman–Crippen MR) is 80.9 cm³/mol. The molecular weight excluding hydrogens is 250 g/mol. The van der Waals surface area contributed by atoms with Crippen LogP contribution >= 0.6 is 0 Å². The number of piperidine rings is 1. The van der Waals surface area contributed by atoms with E-state index in [0.717, 1.165) is 25.2 Å². The number of benzene rings is 1. The lowest BCUT2D eigenvalue weighted by Crippen LogP contribution is -2.45. The van der Waals surface area contributed by atoms with Gasteiger partial charge in [-0.2, -0.15) is 0 Å². The van der Waals surface area contributed by atoms with E-state index in [1.54, 1.807) is 0 Å². The number of amides is 1. The van der Waals surface area contributed by atoms with Gasteiger partial charge in [0.2, 0.25) is 5.91 Å². The smallest absolute Gasteiger partial charge is 0.242 e. The molecule has 0 radical (unpaired) electrons. The van der Waals surface area contributed by atoms with E-state index in [1.165, 1.54) is 6.42 Å². The summed E-state index contributed by atoms with van der Waals surface area (Å²) < 4.78 is 0. The minimum Gasteiger partial charge on any atom is -0.302 e. The number of likely N-dealkylation sites (tertiary alicyclic amines) is 1. The highest BCUT2D eigenvalue weighted by Crippen LogP contribution is 2.24. The van der Waals surface area contributed by atoms with Gasteiger partial charge in [0.05, 0.1) is 5.92 Å². The second-order valence-corrected chi connectivity index (χ2v) is 6.14. The van der Waals surface area contributed by atoms with Crippen molar-refractivity contribution in [1.29, 1.82) is 0 Å². The lowest BCUT2D eigenvalue weighted by molar-refractivity contribution is -0.123. The average molecular weight is 275 g/mol. The van der Waals surface area contributed by atoms with Crippen LogP contribution in [-0.2, 0) is 4.79 Å². The monoisotopic (exact) mass is 275 g/mol. The molecule has 0 saturated carbocycles. The van der Waals surface area contributed by atoms with E-state index < -0.39 is 0 Å². The van der Waals surface area contributed by atoms with Crippen molar-refractivity contribution in [3.8, 4) is 0 Å². The molecule has 0 spiro atoms. The first-order chi connectivity index (χ1) is 9.60. The summed E-state index contributed by atoms with van der Waals surface area (Å²) in [6.07, 6.45) is 1.27. The molecule has 110 valence electrons. The molecule has 3 unspecified atom stereocenters. The molecule has 3 N–H and O–H groups in total. The maximum atomic E-state index is 12.1. The molecule has 2 rings (SSSR count). The predicted octanol–water partition coefficient (Wildman–Crippen LogP) is 1.74. The maximum absolute atomic E-state index is 12.1. The molecule has 4 nitrogen and oxygen atoms in total. The summed E-state index contributed by atoms with van der Waals surface area (Å²) in [5.74, 6) is 6.43. The fraction of sp³-hybridized carbons (Fsp3) is 0.562. The first kappa shape index (κ1) is 15.0. The maximum Gasteiger partial charge on any atom is 0.242 e. The molecule has 1 fully saturated rings. The molecule has 20 heavy (non-hydrogen) atoms. The Morgan fingerprint density at radius 1 is 1.30 bits per heavy atom. The molecule has 0 aliphatic carbocycles. The van der Waals surface area contributed by atoms with Crippen LogP contribution in [0.25, 0.3) is 0 Å². The number of carbonyl (C=O) groups excluding carboxylic acids is 1. The Morgan fingerprint density at radius 2 is 1.90 bits per heavy atom. The van der Waals surface area contributed by atoms with Crippen LogP contribution in [0.15, 0.2) is 30.3 Å².